The summed E-state index contributed by atoms with van der Waals surface area (Å²) >= 11 is -0.392. The SMILES string of the molecule is O=C(NS(=O)(=O)C(F)(F)F)c1nnc(C(F)(F)F)s1. The third-order valence-electron chi connectivity index (χ3n) is 1.39. The van der Waals surface area contributed by atoms with Crippen LogP contribution in [0.15, 0.2) is 0 Å². The molecule has 1 amide bonds. The minimum atomic E-state index is -6.01. The van der Waals surface area contributed by atoms with E-state index in [1.165, 1.54) is 0 Å². The Morgan fingerprint density at radius 3 is 2.00 bits per heavy atom. The van der Waals surface area contributed by atoms with Crippen LogP contribution in [0.2, 0.25) is 0 Å². The van der Waals surface area contributed by atoms with Crippen LogP contribution in [0.4, 0.5) is 26.3 Å². The molecular formula is C5HF6N3O3S2. The number of carbonyl (C=O) groups is 1. The van der Waals surface area contributed by atoms with Crippen molar-refractivity contribution in [2.24, 2.45) is 0 Å². The third-order valence-corrected chi connectivity index (χ3v) is 3.42. The van der Waals surface area contributed by atoms with Crippen LogP contribution in [0.3, 0.4) is 0 Å². The molecule has 0 aromatic carbocycles. The fraction of sp³-hybridized carbons (Fsp3) is 0.400. The Bertz CT molecular complexity index is 588. The molecule has 0 radical (unpaired) electrons. The lowest BCUT2D eigenvalue weighted by molar-refractivity contribution is -0.138. The smallest absolute Gasteiger partial charge is 0.265 e. The van der Waals surface area contributed by atoms with Crippen molar-refractivity contribution in [1.82, 2.24) is 14.9 Å². The number of hydrogen-bond acceptors (Lipinski definition) is 6. The van der Waals surface area contributed by atoms with Crippen LogP contribution in [0, 0.1) is 0 Å². The minimum absolute atomic E-state index is 0.392. The van der Waals surface area contributed by atoms with Crippen molar-refractivity contribution in [2.75, 3.05) is 0 Å². The Labute approximate surface area is 104 Å². The van der Waals surface area contributed by atoms with E-state index in [1.54, 1.807) is 0 Å². The van der Waals surface area contributed by atoms with E-state index in [0.717, 1.165) is 0 Å². The summed E-state index contributed by atoms with van der Waals surface area (Å²) < 4.78 is 93.4. The summed E-state index contributed by atoms with van der Waals surface area (Å²) in [6.45, 7) is 0. The summed E-state index contributed by atoms with van der Waals surface area (Å²) in [5.74, 6) is -1.95. The molecule has 0 saturated heterocycles. The van der Waals surface area contributed by atoms with Crippen LogP contribution >= 0.6 is 11.3 Å². The quantitative estimate of drug-likeness (QED) is 0.822. The largest absolute Gasteiger partial charge is 0.516 e. The summed E-state index contributed by atoms with van der Waals surface area (Å²) in [4.78, 5) is 11.0. The number of aromatic nitrogens is 2. The molecule has 0 unspecified atom stereocenters. The van der Waals surface area contributed by atoms with Gasteiger partial charge in [-0.15, -0.1) is 10.2 Å². The van der Waals surface area contributed by atoms with Gasteiger partial charge in [0.1, 0.15) is 0 Å². The predicted molar refractivity (Wildman–Crippen MR) is 47.4 cm³/mol. The van der Waals surface area contributed by atoms with E-state index < -0.39 is 49.0 Å². The van der Waals surface area contributed by atoms with Crippen molar-refractivity contribution in [3.63, 3.8) is 0 Å². The van der Waals surface area contributed by atoms with Crippen molar-refractivity contribution in [3.8, 4) is 0 Å². The number of alkyl halides is 6. The van der Waals surface area contributed by atoms with Gasteiger partial charge in [-0.05, 0) is 0 Å². The van der Waals surface area contributed by atoms with Gasteiger partial charge in [-0.1, -0.05) is 11.3 Å². The highest BCUT2D eigenvalue weighted by Crippen LogP contribution is 2.31. The lowest BCUT2D eigenvalue weighted by Crippen LogP contribution is -2.40. The molecular weight excluding hydrogens is 328 g/mol. The molecule has 0 fully saturated rings. The molecule has 14 heteroatoms. The summed E-state index contributed by atoms with van der Waals surface area (Å²) in [6.07, 6.45) is -4.95. The fourth-order valence-electron chi connectivity index (χ4n) is 0.653. The molecule has 1 aromatic rings. The Kier molecular flexibility index (Phi) is 3.77. The van der Waals surface area contributed by atoms with Gasteiger partial charge in [0.15, 0.2) is 0 Å². The first-order valence-corrected chi connectivity index (χ1v) is 6.18. The summed E-state index contributed by atoms with van der Waals surface area (Å²) in [5, 5.41) is 2.40. The first kappa shape index (κ1) is 15.6. The molecule has 0 aliphatic heterocycles. The highest BCUT2D eigenvalue weighted by atomic mass is 32.2. The monoisotopic (exact) mass is 329 g/mol. The highest BCUT2D eigenvalue weighted by Gasteiger charge is 2.47. The van der Waals surface area contributed by atoms with Crippen molar-refractivity contribution < 1.29 is 39.6 Å². The number of rotatable bonds is 2. The average Bonchev–Trinajstić information content (AvgIpc) is 2.62. The molecule has 1 aromatic heterocycles. The van der Waals surface area contributed by atoms with Crippen molar-refractivity contribution in [1.29, 1.82) is 0 Å². The number of carbonyl (C=O) groups excluding carboxylic acids is 1. The van der Waals surface area contributed by atoms with Crippen LogP contribution in [0.25, 0.3) is 0 Å². The molecule has 0 bridgehead atoms. The van der Waals surface area contributed by atoms with Gasteiger partial charge in [0.2, 0.25) is 10.0 Å². The van der Waals surface area contributed by atoms with Gasteiger partial charge in [-0.25, -0.2) is 4.72 Å². The first-order chi connectivity index (χ1) is 8.34. The maximum Gasteiger partial charge on any atom is 0.516 e. The van der Waals surface area contributed by atoms with Crippen LogP contribution < -0.4 is 4.72 Å². The van der Waals surface area contributed by atoms with Crippen molar-refractivity contribution in [2.45, 2.75) is 11.7 Å². The Morgan fingerprint density at radius 2 is 1.63 bits per heavy atom. The average molecular weight is 329 g/mol. The number of sulfonamides is 1. The summed E-state index contributed by atoms with van der Waals surface area (Å²) in [5.41, 5.74) is -5.78. The number of nitrogens with one attached hydrogen (secondary N) is 1. The van der Waals surface area contributed by atoms with Crippen LogP contribution in [-0.2, 0) is 16.2 Å². The maximum absolute atomic E-state index is 12.1. The fourth-order valence-corrected chi connectivity index (χ4v) is 1.78. The zero-order valence-corrected chi connectivity index (χ0v) is 9.84. The zero-order valence-electron chi connectivity index (χ0n) is 8.20. The molecule has 0 aliphatic rings. The van der Waals surface area contributed by atoms with E-state index in [0.29, 0.717) is 4.72 Å². The van der Waals surface area contributed by atoms with Crippen molar-refractivity contribution >= 4 is 27.3 Å². The Balaban J connectivity index is 2.95. The molecule has 1 N–H and O–H groups in total. The lowest BCUT2D eigenvalue weighted by atomic mass is 10.7. The molecule has 19 heavy (non-hydrogen) atoms. The summed E-state index contributed by atoms with van der Waals surface area (Å²) in [7, 11) is -6.01. The van der Waals surface area contributed by atoms with E-state index in [-0.39, 0.29) is 0 Å². The lowest BCUT2D eigenvalue weighted by Gasteiger charge is -2.07. The van der Waals surface area contributed by atoms with Gasteiger partial charge in [0.25, 0.3) is 5.91 Å². The van der Waals surface area contributed by atoms with Gasteiger partial charge in [-0.3, -0.25) is 4.79 Å². The van der Waals surface area contributed by atoms with E-state index in [4.69, 9.17) is 0 Å². The Hall–Kier alpha value is -1.44. The first-order valence-electron chi connectivity index (χ1n) is 3.89. The maximum atomic E-state index is 12.1. The second-order valence-electron chi connectivity index (χ2n) is 2.79. The van der Waals surface area contributed by atoms with E-state index in [1.807, 2.05) is 0 Å². The number of halogens is 6. The number of hydrogen-bond donors (Lipinski definition) is 1. The molecule has 108 valence electrons. The topological polar surface area (TPSA) is 89.0 Å². The highest BCUT2D eigenvalue weighted by molar-refractivity contribution is 7.90. The van der Waals surface area contributed by atoms with Gasteiger partial charge in [-0.2, -0.15) is 34.8 Å². The van der Waals surface area contributed by atoms with Crippen LogP contribution in [0.5, 0.6) is 0 Å². The molecule has 0 saturated carbocycles. The summed E-state index contributed by atoms with van der Waals surface area (Å²) in [6, 6.07) is 0. The van der Waals surface area contributed by atoms with E-state index in [9.17, 15) is 39.6 Å². The predicted octanol–water partition coefficient (Wildman–Crippen LogP) is 1.14. The van der Waals surface area contributed by atoms with Crippen LogP contribution in [-0.4, -0.2) is 30.0 Å². The van der Waals surface area contributed by atoms with Gasteiger partial charge >= 0.3 is 21.7 Å². The standard InChI is InChI=1S/C5HF6N3O3S2/c6-4(7,8)3-13-12-2(18-3)1(15)14-19(16,17)5(9,10)11/h(H,14,15). The van der Waals surface area contributed by atoms with E-state index >= 15 is 0 Å². The van der Waals surface area contributed by atoms with Crippen LogP contribution in [0.1, 0.15) is 14.8 Å². The number of nitrogens with zero attached hydrogens (tertiary/aromatic N) is 2. The van der Waals surface area contributed by atoms with E-state index in [2.05, 4.69) is 10.2 Å². The second-order valence-corrected chi connectivity index (χ2v) is 5.44. The third kappa shape index (κ3) is 3.52. The molecule has 1 heterocycles. The Morgan fingerprint density at radius 1 is 1.11 bits per heavy atom. The zero-order chi connectivity index (χ0) is 15.1. The molecule has 0 spiro atoms. The molecule has 6 nitrogen and oxygen atoms in total. The van der Waals surface area contributed by atoms with Gasteiger partial charge < -0.3 is 0 Å². The molecule has 1 rings (SSSR count). The second kappa shape index (κ2) is 4.59. The molecule has 0 atom stereocenters. The van der Waals surface area contributed by atoms with Gasteiger partial charge in [0.05, 0.1) is 0 Å². The minimum Gasteiger partial charge on any atom is -0.265 e. The number of amides is 1. The van der Waals surface area contributed by atoms with Gasteiger partial charge in [0, 0.05) is 0 Å². The molecule has 0 aliphatic carbocycles. The van der Waals surface area contributed by atoms with Crippen molar-refractivity contribution in [3.05, 3.63) is 10.0 Å². The normalized spacial score (nSPS) is 13.4.